The van der Waals surface area contributed by atoms with Gasteiger partial charge in [0.05, 0.1) is 17.4 Å². The molecule has 1 N–H and O–H groups in total. The third-order valence-electron chi connectivity index (χ3n) is 2.42. The summed E-state index contributed by atoms with van der Waals surface area (Å²) in [4.78, 5) is 4.15. The van der Waals surface area contributed by atoms with Crippen molar-refractivity contribution in [2.75, 3.05) is 5.32 Å². The molecule has 4 nitrogen and oxygen atoms in total. The Bertz CT molecular complexity index is 662. The predicted molar refractivity (Wildman–Crippen MR) is 62.7 cm³/mol. The number of benzene rings is 1. The first-order chi connectivity index (χ1) is 8.34. The molecular formula is C12H9FN4. The molecule has 2 aromatic heterocycles. The number of nitrogens with zero attached hydrogens (tertiary/aromatic N) is 3. The molecule has 0 aliphatic carbocycles. The molecule has 3 rings (SSSR count). The number of rotatable bonds is 2. The number of hydrogen-bond acceptors (Lipinski definition) is 3. The quantitative estimate of drug-likeness (QED) is 0.733. The molecule has 84 valence electrons. The van der Waals surface area contributed by atoms with Gasteiger partial charge in [0.2, 0.25) is 5.95 Å². The Hall–Kier alpha value is -2.43. The Balaban J connectivity index is 2.03. The maximum atomic E-state index is 13.5. The van der Waals surface area contributed by atoms with Gasteiger partial charge in [0.1, 0.15) is 5.82 Å². The fourth-order valence-corrected chi connectivity index (χ4v) is 1.61. The van der Waals surface area contributed by atoms with Crippen molar-refractivity contribution in [3.05, 3.63) is 54.6 Å². The van der Waals surface area contributed by atoms with E-state index in [0.717, 1.165) is 5.52 Å². The topological polar surface area (TPSA) is 42.2 Å². The minimum Gasteiger partial charge on any atom is -0.322 e. The SMILES string of the molecule is Fc1ccccc1Nc1ncc2cccnn12. The smallest absolute Gasteiger partial charge is 0.229 e. The molecule has 0 saturated heterocycles. The van der Waals surface area contributed by atoms with Gasteiger partial charge in [0.15, 0.2) is 0 Å². The highest BCUT2D eigenvalue weighted by molar-refractivity contribution is 5.58. The molecule has 5 heteroatoms. The molecule has 0 radical (unpaired) electrons. The summed E-state index contributed by atoms with van der Waals surface area (Å²) in [5.41, 5.74) is 1.23. The number of hydrogen-bond donors (Lipinski definition) is 1. The molecule has 3 aromatic rings. The first-order valence-electron chi connectivity index (χ1n) is 5.15. The molecule has 0 amide bonds. The average molecular weight is 228 g/mol. The van der Waals surface area contributed by atoms with Crippen LogP contribution < -0.4 is 5.32 Å². The van der Waals surface area contributed by atoms with E-state index in [1.807, 2.05) is 12.1 Å². The van der Waals surface area contributed by atoms with Crippen molar-refractivity contribution >= 4 is 17.2 Å². The summed E-state index contributed by atoms with van der Waals surface area (Å²) in [6.07, 6.45) is 3.33. The van der Waals surface area contributed by atoms with E-state index in [1.165, 1.54) is 6.07 Å². The maximum Gasteiger partial charge on any atom is 0.229 e. The van der Waals surface area contributed by atoms with Crippen LogP contribution in [0.15, 0.2) is 48.8 Å². The molecule has 2 heterocycles. The lowest BCUT2D eigenvalue weighted by Crippen LogP contribution is -2.00. The van der Waals surface area contributed by atoms with Crippen molar-refractivity contribution in [3.8, 4) is 0 Å². The minimum atomic E-state index is -0.319. The van der Waals surface area contributed by atoms with Crippen molar-refractivity contribution in [2.45, 2.75) is 0 Å². The van der Waals surface area contributed by atoms with Crippen LogP contribution in [0.1, 0.15) is 0 Å². The van der Waals surface area contributed by atoms with E-state index in [2.05, 4.69) is 15.4 Å². The maximum absolute atomic E-state index is 13.5. The summed E-state index contributed by atoms with van der Waals surface area (Å²) < 4.78 is 15.1. The zero-order valence-corrected chi connectivity index (χ0v) is 8.84. The van der Waals surface area contributed by atoms with Gasteiger partial charge >= 0.3 is 0 Å². The average Bonchev–Trinajstić information content (AvgIpc) is 2.76. The zero-order valence-electron chi connectivity index (χ0n) is 8.84. The van der Waals surface area contributed by atoms with Gasteiger partial charge in [-0.05, 0) is 24.3 Å². The first kappa shape index (κ1) is 9.77. The number of aromatic nitrogens is 3. The van der Waals surface area contributed by atoms with Crippen LogP contribution in [0.25, 0.3) is 5.52 Å². The Morgan fingerprint density at radius 1 is 1.12 bits per heavy atom. The van der Waals surface area contributed by atoms with Gasteiger partial charge in [0.25, 0.3) is 0 Å². The summed E-state index contributed by atoms with van der Waals surface area (Å²) >= 11 is 0. The highest BCUT2D eigenvalue weighted by Crippen LogP contribution is 2.18. The van der Waals surface area contributed by atoms with E-state index in [4.69, 9.17) is 0 Å². The van der Waals surface area contributed by atoms with Crippen LogP contribution in [0.5, 0.6) is 0 Å². The summed E-state index contributed by atoms with van der Waals surface area (Å²) in [6.45, 7) is 0. The summed E-state index contributed by atoms with van der Waals surface area (Å²) in [5.74, 6) is 0.172. The molecule has 0 aliphatic heterocycles. The Morgan fingerprint density at radius 3 is 2.88 bits per heavy atom. The minimum absolute atomic E-state index is 0.319. The van der Waals surface area contributed by atoms with Crippen molar-refractivity contribution in [1.82, 2.24) is 14.6 Å². The van der Waals surface area contributed by atoms with Gasteiger partial charge in [-0.15, -0.1) is 0 Å². The van der Waals surface area contributed by atoms with Crippen LogP contribution in [0.2, 0.25) is 0 Å². The number of para-hydroxylation sites is 1. The monoisotopic (exact) mass is 228 g/mol. The first-order valence-corrected chi connectivity index (χ1v) is 5.15. The molecule has 1 aromatic carbocycles. The summed E-state index contributed by atoms with van der Waals surface area (Å²) in [6, 6.07) is 10.2. The van der Waals surface area contributed by atoms with Crippen LogP contribution in [-0.4, -0.2) is 14.6 Å². The van der Waals surface area contributed by atoms with Gasteiger partial charge < -0.3 is 5.32 Å². The molecule has 0 aliphatic rings. The summed E-state index contributed by atoms with van der Waals surface area (Å²) in [7, 11) is 0. The number of nitrogens with one attached hydrogen (secondary N) is 1. The van der Waals surface area contributed by atoms with E-state index in [-0.39, 0.29) is 5.82 Å². The van der Waals surface area contributed by atoms with Gasteiger partial charge in [-0.1, -0.05) is 12.1 Å². The van der Waals surface area contributed by atoms with Crippen molar-refractivity contribution < 1.29 is 4.39 Å². The molecule has 17 heavy (non-hydrogen) atoms. The number of halogens is 1. The molecule has 0 saturated carbocycles. The fraction of sp³-hybridized carbons (Fsp3) is 0. The Morgan fingerprint density at radius 2 is 2.00 bits per heavy atom. The van der Waals surface area contributed by atoms with Crippen LogP contribution in [0.3, 0.4) is 0 Å². The summed E-state index contributed by atoms with van der Waals surface area (Å²) in [5, 5.41) is 7.05. The second kappa shape index (κ2) is 3.86. The van der Waals surface area contributed by atoms with Crippen molar-refractivity contribution in [3.63, 3.8) is 0 Å². The number of anilines is 2. The van der Waals surface area contributed by atoms with Crippen molar-refractivity contribution in [1.29, 1.82) is 0 Å². The van der Waals surface area contributed by atoms with E-state index >= 15 is 0 Å². The van der Waals surface area contributed by atoms with E-state index in [1.54, 1.807) is 35.1 Å². The van der Waals surface area contributed by atoms with Crippen LogP contribution >= 0.6 is 0 Å². The zero-order chi connectivity index (χ0) is 11.7. The van der Waals surface area contributed by atoms with Crippen LogP contribution in [0, 0.1) is 5.82 Å². The Kier molecular flexibility index (Phi) is 2.22. The van der Waals surface area contributed by atoms with E-state index < -0.39 is 0 Å². The second-order valence-corrected chi connectivity index (χ2v) is 3.55. The molecular weight excluding hydrogens is 219 g/mol. The second-order valence-electron chi connectivity index (χ2n) is 3.55. The van der Waals surface area contributed by atoms with Gasteiger partial charge in [-0.3, -0.25) is 0 Å². The standard InChI is InChI=1S/C12H9FN4/c13-10-5-1-2-6-11(10)16-12-14-8-9-4-3-7-15-17(9)12/h1-8H,(H,14,16). The predicted octanol–water partition coefficient (Wildman–Crippen LogP) is 2.61. The third-order valence-corrected chi connectivity index (χ3v) is 2.42. The van der Waals surface area contributed by atoms with E-state index in [0.29, 0.717) is 11.6 Å². The van der Waals surface area contributed by atoms with E-state index in [9.17, 15) is 4.39 Å². The molecule has 0 bridgehead atoms. The highest BCUT2D eigenvalue weighted by Gasteiger charge is 2.06. The fourth-order valence-electron chi connectivity index (χ4n) is 1.61. The van der Waals surface area contributed by atoms with Crippen molar-refractivity contribution in [2.24, 2.45) is 0 Å². The lowest BCUT2D eigenvalue weighted by Gasteiger charge is -2.04. The molecule has 0 spiro atoms. The molecule has 0 fully saturated rings. The van der Waals surface area contributed by atoms with Gasteiger partial charge in [-0.25, -0.2) is 9.37 Å². The molecule has 0 unspecified atom stereocenters. The highest BCUT2D eigenvalue weighted by atomic mass is 19.1. The van der Waals surface area contributed by atoms with Gasteiger partial charge in [0, 0.05) is 6.20 Å². The number of fused-ring (bicyclic) bond motifs is 1. The van der Waals surface area contributed by atoms with Crippen LogP contribution in [0.4, 0.5) is 16.0 Å². The van der Waals surface area contributed by atoms with Gasteiger partial charge in [-0.2, -0.15) is 9.61 Å². The lowest BCUT2D eigenvalue weighted by atomic mass is 10.3. The Labute approximate surface area is 96.7 Å². The normalized spacial score (nSPS) is 10.6. The number of imidazole rings is 1. The lowest BCUT2D eigenvalue weighted by molar-refractivity contribution is 0.631. The third kappa shape index (κ3) is 1.71. The largest absolute Gasteiger partial charge is 0.322 e. The molecule has 0 atom stereocenters. The van der Waals surface area contributed by atoms with Crippen LogP contribution in [-0.2, 0) is 0 Å².